The van der Waals surface area contributed by atoms with Crippen molar-refractivity contribution in [2.45, 2.75) is 149 Å². The van der Waals surface area contributed by atoms with Crippen molar-refractivity contribution >= 4 is 14.4 Å². The van der Waals surface area contributed by atoms with Gasteiger partial charge in [-0.3, -0.25) is 4.79 Å². The predicted molar refractivity (Wildman–Crippen MR) is 165 cm³/mol. The predicted octanol–water partition coefficient (Wildman–Crippen LogP) is 8.99. The summed E-state index contributed by atoms with van der Waals surface area (Å²) in [6, 6.07) is 0. The monoisotopic (exact) mass is 573 g/mol. The third-order valence-corrected chi connectivity index (χ3v) is 8.54. The van der Waals surface area contributed by atoms with E-state index in [1.54, 1.807) is 0 Å². The lowest BCUT2D eigenvalue weighted by Gasteiger charge is -2.19. The molecule has 0 aromatic heterocycles. The molecule has 1 aliphatic rings. The second kappa shape index (κ2) is 28.0. The van der Waals surface area contributed by atoms with Gasteiger partial charge in [0.25, 0.3) is 0 Å². The van der Waals surface area contributed by atoms with Gasteiger partial charge in [0.15, 0.2) is 0 Å². The Morgan fingerprint density at radius 1 is 0.718 bits per heavy atom. The van der Waals surface area contributed by atoms with E-state index >= 15 is 0 Å². The molecule has 0 spiro atoms. The average Bonchev–Trinajstić information content (AvgIpc) is 3.44. The Kier molecular flexibility index (Phi) is 26.5. The maximum Gasteiger partial charge on any atom is 0.329 e. The largest absolute Gasteiger partial charge is 0.381 e. The Morgan fingerprint density at radius 3 is 1.79 bits per heavy atom. The van der Waals surface area contributed by atoms with E-state index in [0.717, 1.165) is 39.1 Å². The molecule has 1 rings (SSSR count). The van der Waals surface area contributed by atoms with Crippen LogP contribution in [-0.2, 0) is 18.6 Å². The number of hydrogen-bond donors (Lipinski definition) is 1. The highest BCUT2D eigenvalue weighted by molar-refractivity contribution is 7.40. The first-order chi connectivity index (χ1) is 19.2. The van der Waals surface area contributed by atoms with Crippen molar-refractivity contribution in [1.29, 1.82) is 0 Å². The second-order valence-corrected chi connectivity index (χ2v) is 12.6. The number of ether oxygens (including phenoxy) is 1. The lowest BCUT2D eigenvalue weighted by Crippen LogP contribution is -2.23. The Hall–Kier alpha value is -0.100. The molecule has 39 heavy (non-hydrogen) atoms. The minimum Gasteiger partial charge on any atom is -0.381 e. The number of ketones is 1. The van der Waals surface area contributed by atoms with Crippen LogP contribution in [0.15, 0.2) is 0 Å². The number of hydrogen-bond acceptors (Lipinski definition) is 6. The Morgan fingerprint density at radius 2 is 1.26 bits per heavy atom. The highest BCUT2D eigenvalue weighted by atomic mass is 31.2. The van der Waals surface area contributed by atoms with Crippen LogP contribution in [0.4, 0.5) is 0 Å². The number of rotatable bonds is 30. The standard InChI is InChI=1S/C32H64NO5P/c1-3-5-6-7-8-9-10-11-12-13-14-15-16-17-18-21-26-36-29-31(28-32(34)22-4-2)30-38-39(35)37-27-25-33-23-19-20-24-33/h31,35H,3-30H2,1-2H3. The maximum absolute atomic E-state index is 12.2. The van der Waals surface area contributed by atoms with E-state index in [1.807, 2.05) is 6.92 Å². The van der Waals surface area contributed by atoms with E-state index in [4.69, 9.17) is 13.8 Å². The van der Waals surface area contributed by atoms with Gasteiger partial charge in [-0.15, -0.1) is 0 Å². The molecule has 1 fully saturated rings. The fourth-order valence-corrected chi connectivity index (χ4v) is 5.98. The SMILES string of the molecule is CCCCCCCCCCCCCCCCCCOCC(COP(O)OCCN1CCCC1)CC(=O)CCC. The van der Waals surface area contributed by atoms with Crippen LogP contribution in [0, 0.1) is 5.92 Å². The van der Waals surface area contributed by atoms with Crippen LogP contribution in [0.25, 0.3) is 0 Å². The molecular formula is C32H64NO5P. The lowest BCUT2D eigenvalue weighted by molar-refractivity contribution is -0.120. The quantitative estimate of drug-likeness (QED) is 0.0683. The van der Waals surface area contributed by atoms with E-state index < -0.39 is 8.60 Å². The van der Waals surface area contributed by atoms with Crippen molar-refractivity contribution in [3.8, 4) is 0 Å². The van der Waals surface area contributed by atoms with Crippen LogP contribution in [0.2, 0.25) is 0 Å². The van der Waals surface area contributed by atoms with Gasteiger partial charge in [-0.25, -0.2) is 0 Å². The molecule has 232 valence electrons. The van der Waals surface area contributed by atoms with Crippen molar-refractivity contribution in [2.24, 2.45) is 5.92 Å². The molecular weight excluding hydrogens is 509 g/mol. The number of carbonyl (C=O) groups excluding carboxylic acids is 1. The molecule has 0 aliphatic carbocycles. The lowest BCUT2D eigenvalue weighted by atomic mass is 10.0. The topological polar surface area (TPSA) is 68.2 Å². The van der Waals surface area contributed by atoms with Gasteiger partial charge in [-0.2, -0.15) is 0 Å². The van der Waals surface area contributed by atoms with Gasteiger partial charge in [0.1, 0.15) is 5.78 Å². The zero-order chi connectivity index (χ0) is 28.2. The molecule has 2 atom stereocenters. The first kappa shape index (κ1) is 36.9. The van der Waals surface area contributed by atoms with Crippen molar-refractivity contribution < 1.29 is 23.5 Å². The Labute approximate surface area is 243 Å². The fourth-order valence-electron chi connectivity index (χ4n) is 5.33. The van der Waals surface area contributed by atoms with Gasteiger partial charge in [0, 0.05) is 31.9 Å². The van der Waals surface area contributed by atoms with Gasteiger partial charge in [-0.05, 0) is 38.8 Å². The summed E-state index contributed by atoms with van der Waals surface area (Å²) < 4.78 is 17.0. The normalized spacial score (nSPS) is 15.7. The maximum atomic E-state index is 12.2. The van der Waals surface area contributed by atoms with Gasteiger partial charge in [0.05, 0.1) is 19.8 Å². The van der Waals surface area contributed by atoms with Crippen LogP contribution in [-0.4, -0.2) is 61.6 Å². The number of carbonyl (C=O) groups is 1. The minimum absolute atomic E-state index is 0.0237. The van der Waals surface area contributed by atoms with E-state index in [1.165, 1.54) is 109 Å². The van der Waals surface area contributed by atoms with Crippen molar-refractivity contribution in [2.75, 3.05) is 46.1 Å². The van der Waals surface area contributed by atoms with E-state index in [9.17, 15) is 9.69 Å². The zero-order valence-corrected chi connectivity index (χ0v) is 26.7. The molecule has 0 amide bonds. The number of likely N-dealkylation sites (tertiary alicyclic amines) is 1. The van der Waals surface area contributed by atoms with Gasteiger partial charge in [-0.1, -0.05) is 110 Å². The van der Waals surface area contributed by atoms with Crippen molar-refractivity contribution in [3.63, 3.8) is 0 Å². The van der Waals surface area contributed by atoms with Crippen LogP contribution in [0.5, 0.6) is 0 Å². The van der Waals surface area contributed by atoms with Gasteiger partial charge >= 0.3 is 8.60 Å². The van der Waals surface area contributed by atoms with Crippen molar-refractivity contribution in [3.05, 3.63) is 0 Å². The van der Waals surface area contributed by atoms with Crippen LogP contribution in [0.3, 0.4) is 0 Å². The molecule has 0 bridgehead atoms. The molecule has 0 aromatic carbocycles. The summed E-state index contributed by atoms with van der Waals surface area (Å²) in [7, 11) is -1.90. The third-order valence-electron chi connectivity index (χ3n) is 7.77. The summed E-state index contributed by atoms with van der Waals surface area (Å²) in [6.45, 7) is 9.41. The van der Waals surface area contributed by atoms with Crippen molar-refractivity contribution in [1.82, 2.24) is 4.90 Å². The summed E-state index contributed by atoms with van der Waals surface area (Å²) in [5.41, 5.74) is 0. The molecule has 1 saturated heterocycles. The molecule has 7 heteroatoms. The molecule has 1 N–H and O–H groups in total. The summed E-state index contributed by atoms with van der Waals surface area (Å²) in [4.78, 5) is 24.7. The summed E-state index contributed by atoms with van der Waals surface area (Å²) in [5.74, 6) is 0.221. The Bertz CT molecular complexity index is 533. The first-order valence-corrected chi connectivity index (χ1v) is 17.8. The molecule has 0 radical (unpaired) electrons. The third kappa shape index (κ3) is 24.2. The second-order valence-electron chi connectivity index (χ2n) is 11.7. The van der Waals surface area contributed by atoms with E-state index in [0.29, 0.717) is 32.7 Å². The number of Topliss-reactive ketones (excluding diaryl/α,β-unsaturated/α-hetero) is 1. The zero-order valence-electron chi connectivity index (χ0n) is 25.9. The molecule has 1 heterocycles. The van der Waals surface area contributed by atoms with Crippen LogP contribution < -0.4 is 0 Å². The summed E-state index contributed by atoms with van der Waals surface area (Å²) in [5, 5.41) is 0. The first-order valence-electron chi connectivity index (χ1n) is 16.7. The smallest absolute Gasteiger partial charge is 0.329 e. The van der Waals surface area contributed by atoms with Crippen LogP contribution >= 0.6 is 8.60 Å². The molecule has 6 nitrogen and oxygen atoms in total. The summed E-state index contributed by atoms with van der Waals surface area (Å²) >= 11 is 0. The van der Waals surface area contributed by atoms with E-state index in [-0.39, 0.29) is 11.7 Å². The highest BCUT2D eigenvalue weighted by Gasteiger charge is 2.18. The molecule has 0 aromatic rings. The molecule has 0 saturated carbocycles. The Balaban J connectivity index is 1.98. The van der Waals surface area contributed by atoms with Gasteiger partial charge < -0.3 is 23.6 Å². The summed E-state index contributed by atoms with van der Waals surface area (Å²) in [6.07, 6.45) is 26.2. The number of unbranched alkanes of at least 4 members (excludes halogenated alkanes) is 15. The fraction of sp³-hybridized carbons (Fsp3) is 0.969. The molecule has 1 aliphatic heterocycles. The minimum atomic E-state index is -1.90. The molecule has 2 unspecified atom stereocenters. The highest BCUT2D eigenvalue weighted by Crippen LogP contribution is 2.33. The number of nitrogens with zero attached hydrogens (tertiary/aromatic N) is 1. The van der Waals surface area contributed by atoms with E-state index in [2.05, 4.69) is 11.8 Å². The van der Waals surface area contributed by atoms with Gasteiger partial charge in [0.2, 0.25) is 0 Å². The average molecular weight is 574 g/mol. The van der Waals surface area contributed by atoms with Crippen LogP contribution in [0.1, 0.15) is 149 Å².